The highest BCUT2D eigenvalue weighted by Crippen LogP contribution is 2.52. The zero-order valence-electron chi connectivity index (χ0n) is 17.9. The summed E-state index contributed by atoms with van der Waals surface area (Å²) in [6.45, 7) is 3.17. The van der Waals surface area contributed by atoms with Crippen LogP contribution in [0, 0.1) is 23.7 Å². The Labute approximate surface area is 186 Å². The van der Waals surface area contributed by atoms with E-state index >= 15 is 0 Å². The highest BCUT2D eigenvalue weighted by Gasteiger charge is 2.60. The molecule has 2 amide bonds. The minimum Gasteiger partial charge on any atom is -0.481 e. The summed E-state index contributed by atoms with van der Waals surface area (Å²) >= 11 is 0. The molecule has 4 atom stereocenters. The number of piperidine rings is 1. The Morgan fingerprint density at radius 1 is 1.03 bits per heavy atom. The average molecular weight is 434 g/mol. The maximum Gasteiger partial charge on any atom is 0.407 e. The number of carbonyl (C=O) groups excluding carboxylic acids is 2. The van der Waals surface area contributed by atoms with Gasteiger partial charge in [0.1, 0.15) is 6.61 Å². The Kier molecular flexibility index (Phi) is 5.12. The predicted molar refractivity (Wildman–Crippen MR) is 117 cm³/mol. The summed E-state index contributed by atoms with van der Waals surface area (Å²) < 4.78 is 5.52. The number of nitrogens with zero attached hydrogens (tertiary/aromatic N) is 1. The van der Waals surface area contributed by atoms with E-state index in [0.717, 1.165) is 11.1 Å². The van der Waals surface area contributed by atoms with E-state index in [0.29, 0.717) is 13.1 Å². The van der Waals surface area contributed by atoms with Crippen molar-refractivity contribution >= 4 is 18.0 Å². The van der Waals surface area contributed by atoms with Crippen LogP contribution in [0.1, 0.15) is 24.0 Å². The van der Waals surface area contributed by atoms with Crippen LogP contribution in [-0.4, -0.2) is 54.2 Å². The number of carboxylic acids is 1. The Morgan fingerprint density at radius 2 is 1.59 bits per heavy atom. The van der Waals surface area contributed by atoms with Crippen LogP contribution in [0.15, 0.2) is 48.5 Å². The Hall–Kier alpha value is -3.35. The Morgan fingerprint density at radius 3 is 2.16 bits per heavy atom. The van der Waals surface area contributed by atoms with Crippen LogP contribution >= 0.6 is 0 Å². The zero-order chi connectivity index (χ0) is 22.4. The maximum atomic E-state index is 12.6. The number of carbonyl (C=O) groups is 3. The predicted octanol–water partition coefficient (Wildman–Crippen LogP) is 2.95. The van der Waals surface area contributed by atoms with Crippen molar-refractivity contribution in [3.05, 3.63) is 59.7 Å². The molecule has 1 saturated carbocycles. The van der Waals surface area contributed by atoms with E-state index in [1.165, 1.54) is 11.1 Å². The van der Waals surface area contributed by atoms with Gasteiger partial charge in [-0.3, -0.25) is 9.59 Å². The number of ether oxygens (including phenoxy) is 1. The van der Waals surface area contributed by atoms with Crippen molar-refractivity contribution < 1.29 is 24.2 Å². The minimum atomic E-state index is -0.767. The molecule has 0 spiro atoms. The van der Waals surface area contributed by atoms with Crippen molar-refractivity contribution in [2.45, 2.75) is 12.8 Å². The van der Waals surface area contributed by atoms with E-state index in [1.54, 1.807) is 11.8 Å². The maximum absolute atomic E-state index is 12.6. The van der Waals surface area contributed by atoms with E-state index < -0.39 is 18.0 Å². The van der Waals surface area contributed by atoms with E-state index in [9.17, 15) is 14.4 Å². The van der Waals surface area contributed by atoms with Gasteiger partial charge in [0.2, 0.25) is 5.91 Å². The van der Waals surface area contributed by atoms with Crippen molar-refractivity contribution in [1.29, 1.82) is 0 Å². The summed E-state index contributed by atoms with van der Waals surface area (Å²) in [5.41, 5.74) is 4.64. The molecule has 2 N–H and O–H groups in total. The van der Waals surface area contributed by atoms with E-state index in [-0.39, 0.29) is 42.7 Å². The summed E-state index contributed by atoms with van der Waals surface area (Å²) in [5.74, 6) is -1.36. The van der Waals surface area contributed by atoms with Gasteiger partial charge in [0.25, 0.3) is 0 Å². The highest BCUT2D eigenvalue weighted by atomic mass is 16.5. The van der Waals surface area contributed by atoms with Crippen molar-refractivity contribution in [1.82, 2.24) is 10.2 Å². The van der Waals surface area contributed by atoms with Crippen LogP contribution in [0.4, 0.5) is 4.79 Å². The number of benzene rings is 2. The molecular formula is C25H26N2O5. The number of likely N-dealkylation sites (tertiary alicyclic amines) is 1. The summed E-state index contributed by atoms with van der Waals surface area (Å²) in [4.78, 5) is 37.8. The first-order valence-electron chi connectivity index (χ1n) is 11.1. The molecule has 166 valence electrons. The molecule has 1 aliphatic heterocycles. The van der Waals surface area contributed by atoms with Gasteiger partial charge < -0.3 is 20.1 Å². The Bertz CT molecular complexity index is 1030. The first-order valence-corrected chi connectivity index (χ1v) is 11.1. The molecule has 0 aromatic heterocycles. The summed E-state index contributed by atoms with van der Waals surface area (Å²) in [6, 6.07) is 16.3. The number of amides is 2. The number of alkyl carbamates (subject to hydrolysis) is 1. The lowest BCUT2D eigenvalue weighted by atomic mass is 9.98. The second-order valence-electron chi connectivity index (χ2n) is 9.04. The van der Waals surface area contributed by atoms with Crippen molar-refractivity contribution in [2.75, 3.05) is 26.2 Å². The molecule has 7 nitrogen and oxygen atoms in total. The largest absolute Gasteiger partial charge is 0.481 e. The molecular weight excluding hydrogens is 408 g/mol. The SMILES string of the molecule is CC(CNC(=O)OCC1c2ccccc2-c2ccccc21)C(=O)N1C[C@@H]2C(C(=O)O)[C@@H]2C1. The van der Waals surface area contributed by atoms with Gasteiger partial charge in [0.15, 0.2) is 0 Å². The number of hydrogen-bond acceptors (Lipinski definition) is 4. The molecule has 0 radical (unpaired) electrons. The molecule has 1 heterocycles. The number of nitrogens with one attached hydrogen (secondary N) is 1. The van der Waals surface area contributed by atoms with Crippen LogP contribution in [-0.2, 0) is 14.3 Å². The number of fused-ring (bicyclic) bond motifs is 4. The van der Waals surface area contributed by atoms with Gasteiger partial charge in [0, 0.05) is 25.6 Å². The fourth-order valence-electron chi connectivity index (χ4n) is 5.36. The normalized spacial score (nSPS) is 23.7. The molecule has 1 saturated heterocycles. The first-order chi connectivity index (χ1) is 15.5. The second kappa shape index (κ2) is 7.97. The molecule has 2 aromatic rings. The van der Waals surface area contributed by atoms with Gasteiger partial charge in [-0.05, 0) is 34.1 Å². The van der Waals surface area contributed by atoms with Crippen molar-refractivity contribution in [3.63, 3.8) is 0 Å². The Balaban J connectivity index is 1.12. The van der Waals surface area contributed by atoms with Gasteiger partial charge >= 0.3 is 12.1 Å². The molecule has 7 heteroatoms. The second-order valence-corrected chi connectivity index (χ2v) is 9.04. The van der Waals surface area contributed by atoms with Gasteiger partial charge in [-0.15, -0.1) is 0 Å². The van der Waals surface area contributed by atoms with Gasteiger partial charge in [-0.25, -0.2) is 4.79 Å². The fraction of sp³-hybridized carbons (Fsp3) is 0.400. The first kappa shape index (κ1) is 20.5. The molecule has 32 heavy (non-hydrogen) atoms. The van der Waals surface area contributed by atoms with Crippen LogP contribution < -0.4 is 5.32 Å². The van der Waals surface area contributed by atoms with E-state index in [4.69, 9.17) is 9.84 Å². The summed E-state index contributed by atoms with van der Waals surface area (Å²) in [7, 11) is 0. The third-order valence-electron chi connectivity index (χ3n) is 7.11. The molecule has 2 fully saturated rings. The molecule has 5 rings (SSSR count). The third kappa shape index (κ3) is 3.51. The van der Waals surface area contributed by atoms with Gasteiger partial charge in [-0.1, -0.05) is 55.5 Å². The summed E-state index contributed by atoms with van der Waals surface area (Å²) in [5, 5.41) is 11.8. The van der Waals surface area contributed by atoms with E-state index in [1.807, 2.05) is 24.3 Å². The molecule has 2 aliphatic carbocycles. The topological polar surface area (TPSA) is 95.9 Å². The van der Waals surface area contributed by atoms with E-state index in [2.05, 4.69) is 29.6 Å². The third-order valence-corrected chi connectivity index (χ3v) is 7.11. The van der Waals surface area contributed by atoms with Crippen LogP contribution in [0.5, 0.6) is 0 Å². The van der Waals surface area contributed by atoms with Gasteiger partial charge in [-0.2, -0.15) is 0 Å². The minimum absolute atomic E-state index is 0.00860. The number of carboxylic acid groups (broad SMARTS) is 1. The van der Waals surface area contributed by atoms with Crippen LogP contribution in [0.2, 0.25) is 0 Å². The van der Waals surface area contributed by atoms with Gasteiger partial charge in [0.05, 0.1) is 11.8 Å². The van der Waals surface area contributed by atoms with Crippen LogP contribution in [0.25, 0.3) is 11.1 Å². The highest BCUT2D eigenvalue weighted by molar-refractivity contribution is 5.82. The molecule has 2 unspecified atom stereocenters. The zero-order valence-corrected chi connectivity index (χ0v) is 17.9. The quantitative estimate of drug-likeness (QED) is 0.729. The summed E-state index contributed by atoms with van der Waals surface area (Å²) in [6.07, 6.45) is -0.540. The number of rotatable bonds is 6. The number of hydrogen-bond donors (Lipinski definition) is 2. The van der Waals surface area contributed by atoms with Crippen molar-refractivity contribution in [2.24, 2.45) is 23.7 Å². The molecule has 3 aliphatic rings. The lowest BCUT2D eigenvalue weighted by molar-refractivity contribution is -0.141. The van der Waals surface area contributed by atoms with Crippen LogP contribution in [0.3, 0.4) is 0 Å². The average Bonchev–Trinajstić information content (AvgIpc) is 3.15. The fourth-order valence-corrected chi connectivity index (χ4v) is 5.36. The smallest absolute Gasteiger partial charge is 0.407 e. The lowest BCUT2D eigenvalue weighted by Gasteiger charge is -2.23. The lowest BCUT2D eigenvalue weighted by Crippen LogP contribution is -2.41. The standard InChI is InChI=1S/C25H26N2O5/c1-14(23(28)27-11-19-20(12-27)22(19)24(29)30)10-26-25(31)32-13-21-17-8-4-2-6-15(17)16-7-3-5-9-18(16)21/h2-9,14,19-22H,10-13H2,1H3,(H,26,31)(H,29,30)/t14?,19-,20+,22?. The molecule has 0 bridgehead atoms. The molecule has 2 aromatic carbocycles. The van der Waals surface area contributed by atoms with Crippen molar-refractivity contribution in [3.8, 4) is 11.1 Å². The monoisotopic (exact) mass is 434 g/mol. The number of aliphatic carboxylic acids is 1.